The molecule has 1 aliphatic heterocycles. The lowest BCUT2D eigenvalue weighted by atomic mass is 9.85. The van der Waals surface area contributed by atoms with Crippen molar-refractivity contribution in [2.24, 2.45) is 5.92 Å². The molecule has 0 bridgehead atoms. The molecule has 1 N–H and O–H groups in total. The van der Waals surface area contributed by atoms with E-state index in [0.717, 1.165) is 48.9 Å². The summed E-state index contributed by atoms with van der Waals surface area (Å²) < 4.78 is 7.70. The summed E-state index contributed by atoms with van der Waals surface area (Å²) in [5.41, 5.74) is 4.95. The van der Waals surface area contributed by atoms with Crippen LogP contribution in [0.1, 0.15) is 63.9 Å². The highest BCUT2D eigenvalue weighted by Crippen LogP contribution is 2.31. The smallest absolute Gasteiger partial charge is 0.272 e. The quantitative estimate of drug-likeness (QED) is 0.752. The predicted molar refractivity (Wildman–Crippen MR) is 119 cm³/mol. The molecule has 1 aromatic carbocycles. The maximum absolute atomic E-state index is 12.9. The van der Waals surface area contributed by atoms with Crippen molar-refractivity contribution in [3.05, 3.63) is 40.2 Å². The van der Waals surface area contributed by atoms with E-state index in [2.05, 4.69) is 19.3 Å². The number of piperidine rings is 1. The van der Waals surface area contributed by atoms with E-state index in [0.29, 0.717) is 11.7 Å². The van der Waals surface area contributed by atoms with Crippen LogP contribution >= 0.6 is 0 Å². The van der Waals surface area contributed by atoms with Gasteiger partial charge in [0.15, 0.2) is 6.61 Å². The van der Waals surface area contributed by atoms with E-state index in [4.69, 9.17) is 4.74 Å². The molecular formula is C24H33N3O3. The van der Waals surface area contributed by atoms with Gasteiger partial charge in [0.25, 0.3) is 11.5 Å². The van der Waals surface area contributed by atoms with Crippen LogP contribution in [-0.4, -0.2) is 35.2 Å². The second kappa shape index (κ2) is 9.21. The number of benzene rings is 1. The number of amides is 1. The zero-order valence-electron chi connectivity index (χ0n) is 18.2. The van der Waals surface area contributed by atoms with Crippen LogP contribution in [0.4, 0.5) is 0 Å². The number of carbonyl (C=O) groups is 1. The molecule has 162 valence electrons. The van der Waals surface area contributed by atoms with E-state index in [1.54, 1.807) is 6.07 Å². The van der Waals surface area contributed by atoms with Gasteiger partial charge in [0.2, 0.25) is 0 Å². The minimum atomic E-state index is -0.139. The van der Waals surface area contributed by atoms with Crippen LogP contribution < -0.4 is 15.7 Å². The van der Waals surface area contributed by atoms with Crippen molar-refractivity contribution >= 4 is 16.8 Å². The number of hydrogen-bond acceptors (Lipinski definition) is 4. The fourth-order valence-electron chi connectivity index (χ4n) is 4.44. The van der Waals surface area contributed by atoms with Crippen LogP contribution in [0, 0.1) is 5.92 Å². The first-order chi connectivity index (χ1) is 14.5. The largest absolute Gasteiger partial charge is 0.484 e. The number of pyridine rings is 1. The Labute approximate surface area is 178 Å². The van der Waals surface area contributed by atoms with Crippen molar-refractivity contribution in [1.29, 1.82) is 0 Å². The van der Waals surface area contributed by atoms with E-state index >= 15 is 0 Å². The number of nitrogens with one attached hydrogen (secondary N) is 1. The fraction of sp³-hybridized carbons (Fsp3) is 0.583. The third kappa shape index (κ3) is 4.69. The van der Waals surface area contributed by atoms with E-state index in [1.165, 1.54) is 25.7 Å². The molecule has 6 nitrogen and oxygen atoms in total. The van der Waals surface area contributed by atoms with Crippen LogP contribution in [0.3, 0.4) is 0 Å². The monoisotopic (exact) mass is 411 g/mol. The Morgan fingerprint density at radius 2 is 1.90 bits per heavy atom. The Morgan fingerprint density at radius 3 is 2.57 bits per heavy atom. The number of hydrazine groups is 1. The molecular weight excluding hydrogens is 378 g/mol. The highest BCUT2D eigenvalue weighted by molar-refractivity contribution is 5.84. The molecule has 2 aliphatic rings. The molecule has 1 saturated heterocycles. The van der Waals surface area contributed by atoms with Crippen molar-refractivity contribution in [1.82, 2.24) is 15.0 Å². The second-order valence-electron chi connectivity index (χ2n) is 9.05. The molecule has 4 rings (SSSR count). The normalized spacial score (nSPS) is 17.8. The molecule has 1 aromatic heterocycles. The van der Waals surface area contributed by atoms with E-state index in [9.17, 15) is 9.59 Å². The molecule has 1 amide bonds. The first-order valence-electron chi connectivity index (χ1n) is 11.4. The van der Waals surface area contributed by atoms with Crippen LogP contribution in [0.15, 0.2) is 29.1 Å². The summed E-state index contributed by atoms with van der Waals surface area (Å²) in [4.78, 5) is 25.2. The van der Waals surface area contributed by atoms with Gasteiger partial charge in [0.1, 0.15) is 5.75 Å². The number of nitrogens with zero attached hydrogens (tertiary/aromatic N) is 2. The summed E-state index contributed by atoms with van der Waals surface area (Å²) in [6.07, 6.45) is 7.08. The highest BCUT2D eigenvalue weighted by atomic mass is 16.5. The van der Waals surface area contributed by atoms with Crippen molar-refractivity contribution in [2.45, 2.75) is 64.8 Å². The lowest BCUT2D eigenvalue weighted by molar-refractivity contribution is -0.128. The zero-order valence-corrected chi connectivity index (χ0v) is 18.2. The minimum absolute atomic E-state index is 0.0290. The van der Waals surface area contributed by atoms with Crippen LogP contribution in [0.5, 0.6) is 5.75 Å². The Kier molecular flexibility index (Phi) is 6.42. The first-order valence-corrected chi connectivity index (χ1v) is 11.4. The average molecular weight is 412 g/mol. The van der Waals surface area contributed by atoms with Gasteiger partial charge in [0, 0.05) is 37.2 Å². The minimum Gasteiger partial charge on any atom is -0.484 e. The molecule has 6 heteroatoms. The third-order valence-corrected chi connectivity index (χ3v) is 6.41. The summed E-state index contributed by atoms with van der Waals surface area (Å²) in [7, 11) is 0. The van der Waals surface area contributed by atoms with E-state index in [1.807, 2.05) is 27.8 Å². The summed E-state index contributed by atoms with van der Waals surface area (Å²) in [6.45, 7) is 6.74. The standard InChI is InChI=1S/C24H33N3O3/c1-17(2)21-14-24(29)27(15-18-7-6-8-18)22-13-19(9-10-20(21)22)30-16-23(28)25-26-11-4-3-5-12-26/h9-10,13-14,17-18H,3-8,11-12,15-16H2,1-2H3,(H,25,28). The number of hydrogen-bond donors (Lipinski definition) is 1. The van der Waals surface area contributed by atoms with Gasteiger partial charge in [-0.25, -0.2) is 5.01 Å². The molecule has 0 atom stereocenters. The van der Waals surface area contributed by atoms with Crippen molar-refractivity contribution in [2.75, 3.05) is 19.7 Å². The summed E-state index contributed by atoms with van der Waals surface area (Å²) in [5, 5.41) is 3.06. The molecule has 0 spiro atoms. The molecule has 30 heavy (non-hydrogen) atoms. The average Bonchev–Trinajstić information content (AvgIpc) is 2.70. The van der Waals surface area contributed by atoms with Crippen molar-refractivity contribution in [3.8, 4) is 5.75 Å². The van der Waals surface area contributed by atoms with Gasteiger partial charge in [-0.3, -0.25) is 15.0 Å². The highest BCUT2D eigenvalue weighted by Gasteiger charge is 2.21. The number of carbonyl (C=O) groups excluding carboxylic acids is 1. The number of rotatable bonds is 7. The first kappa shape index (κ1) is 20.9. The lowest BCUT2D eigenvalue weighted by Crippen LogP contribution is -2.46. The van der Waals surface area contributed by atoms with Crippen LogP contribution in [-0.2, 0) is 11.3 Å². The molecule has 1 aliphatic carbocycles. The maximum atomic E-state index is 12.9. The van der Waals surface area contributed by atoms with Crippen LogP contribution in [0.25, 0.3) is 10.9 Å². The molecule has 2 aromatic rings. The summed E-state index contributed by atoms with van der Waals surface area (Å²) in [6, 6.07) is 7.65. The Morgan fingerprint density at radius 1 is 1.13 bits per heavy atom. The Hall–Kier alpha value is -2.34. The Balaban J connectivity index is 1.54. The Bertz CT molecular complexity index is 956. The zero-order chi connectivity index (χ0) is 21.1. The van der Waals surface area contributed by atoms with Gasteiger partial charge in [0.05, 0.1) is 5.52 Å². The molecule has 0 radical (unpaired) electrons. The van der Waals surface area contributed by atoms with E-state index in [-0.39, 0.29) is 24.0 Å². The lowest BCUT2D eigenvalue weighted by Gasteiger charge is -2.27. The molecule has 0 unspecified atom stereocenters. The van der Waals surface area contributed by atoms with Crippen LogP contribution in [0.2, 0.25) is 0 Å². The molecule has 2 heterocycles. The topological polar surface area (TPSA) is 63.6 Å². The van der Waals surface area contributed by atoms with Crippen molar-refractivity contribution in [3.63, 3.8) is 0 Å². The number of ether oxygens (including phenoxy) is 1. The summed E-state index contributed by atoms with van der Waals surface area (Å²) >= 11 is 0. The predicted octanol–water partition coefficient (Wildman–Crippen LogP) is 3.82. The van der Waals surface area contributed by atoms with Gasteiger partial charge in [-0.2, -0.15) is 0 Å². The van der Waals surface area contributed by atoms with Gasteiger partial charge < -0.3 is 9.30 Å². The van der Waals surface area contributed by atoms with Crippen molar-refractivity contribution < 1.29 is 9.53 Å². The second-order valence-corrected chi connectivity index (χ2v) is 9.05. The number of aromatic nitrogens is 1. The van der Waals surface area contributed by atoms with E-state index < -0.39 is 0 Å². The fourth-order valence-corrected chi connectivity index (χ4v) is 4.44. The van der Waals surface area contributed by atoms with Gasteiger partial charge in [-0.1, -0.05) is 26.7 Å². The van der Waals surface area contributed by atoms with Gasteiger partial charge in [-0.05, 0) is 55.2 Å². The van der Waals surface area contributed by atoms with Gasteiger partial charge >= 0.3 is 0 Å². The number of fused-ring (bicyclic) bond motifs is 1. The van der Waals surface area contributed by atoms with Gasteiger partial charge in [-0.15, -0.1) is 0 Å². The molecule has 2 fully saturated rings. The summed E-state index contributed by atoms with van der Waals surface area (Å²) in [5.74, 6) is 1.33. The molecule has 1 saturated carbocycles. The maximum Gasteiger partial charge on any atom is 0.272 e. The third-order valence-electron chi connectivity index (χ3n) is 6.41. The SMILES string of the molecule is CC(C)c1cc(=O)n(CC2CCC2)c2cc(OCC(=O)NN3CCCCC3)ccc12.